The number of aromatic nitrogens is 2. The molecule has 0 spiro atoms. The van der Waals surface area contributed by atoms with Crippen LogP contribution in [0.5, 0.6) is 0 Å². The summed E-state index contributed by atoms with van der Waals surface area (Å²) in [6.07, 6.45) is 1.29. The molecule has 0 saturated heterocycles. The zero-order chi connectivity index (χ0) is 12.4. The third kappa shape index (κ3) is 2.18. The smallest absolute Gasteiger partial charge is 0.328 e. The summed E-state index contributed by atoms with van der Waals surface area (Å²) < 4.78 is 0. The van der Waals surface area contributed by atoms with Gasteiger partial charge >= 0.3 is 6.03 Å². The second-order valence-electron chi connectivity index (χ2n) is 3.17. The van der Waals surface area contributed by atoms with E-state index in [-0.39, 0.29) is 5.82 Å². The van der Waals surface area contributed by atoms with E-state index in [1.165, 1.54) is 6.20 Å². The average Bonchev–Trinajstić information content (AvgIpc) is 2.28. The van der Waals surface area contributed by atoms with Gasteiger partial charge < -0.3 is 5.73 Å². The summed E-state index contributed by atoms with van der Waals surface area (Å²) in [5, 5.41) is -0.804. The number of carbonyl (C=O) groups excluding carboxylic acids is 2. The second kappa shape index (κ2) is 4.38. The number of imide groups is 1. The predicted molar refractivity (Wildman–Crippen MR) is 66.0 cm³/mol. The van der Waals surface area contributed by atoms with E-state index < -0.39 is 11.3 Å². The van der Waals surface area contributed by atoms with Crippen molar-refractivity contribution in [2.24, 2.45) is 5.73 Å². The molecule has 0 aliphatic heterocycles. The molecule has 1 aromatic carbocycles. The Morgan fingerprint density at radius 2 is 1.88 bits per heavy atom. The molecule has 0 fully saturated rings. The highest BCUT2D eigenvalue weighted by Crippen LogP contribution is 2.16. The first-order chi connectivity index (χ1) is 8.09. The molecule has 0 unspecified atom stereocenters. The van der Waals surface area contributed by atoms with Crippen LogP contribution in [0.1, 0.15) is 0 Å². The van der Waals surface area contributed by atoms with Crippen LogP contribution in [-0.4, -0.2) is 21.2 Å². The lowest BCUT2D eigenvalue weighted by Gasteiger charge is -2.14. The minimum Gasteiger partial charge on any atom is -0.351 e. The Morgan fingerprint density at radius 1 is 1.24 bits per heavy atom. The highest BCUT2D eigenvalue weighted by atomic mass is 32.1. The Kier molecular flexibility index (Phi) is 2.92. The van der Waals surface area contributed by atoms with Crippen molar-refractivity contribution >= 4 is 40.8 Å². The number of nitrogens with zero attached hydrogens (tertiary/aromatic N) is 3. The fraction of sp³-hybridized carbons (Fsp3) is 0. The van der Waals surface area contributed by atoms with Gasteiger partial charge in [0.2, 0.25) is 0 Å². The normalized spacial score (nSPS) is 10.2. The number of hydrogen-bond donors (Lipinski definition) is 2. The van der Waals surface area contributed by atoms with Gasteiger partial charge in [-0.25, -0.2) is 14.7 Å². The monoisotopic (exact) mass is 248 g/mol. The number of urea groups is 1. The van der Waals surface area contributed by atoms with Crippen molar-refractivity contribution < 1.29 is 9.59 Å². The Labute approximate surface area is 102 Å². The number of para-hydroxylation sites is 2. The number of thiol groups is 1. The summed E-state index contributed by atoms with van der Waals surface area (Å²) in [5.74, 6) is 0.0520. The fourth-order valence-corrected chi connectivity index (χ4v) is 1.56. The van der Waals surface area contributed by atoms with E-state index in [1.807, 2.05) is 6.07 Å². The number of nitrogens with two attached hydrogens (primary N) is 1. The quantitative estimate of drug-likeness (QED) is 0.749. The number of hydrogen-bond acceptors (Lipinski definition) is 4. The highest BCUT2D eigenvalue weighted by Gasteiger charge is 2.20. The molecular formula is C10H8N4O2S. The van der Waals surface area contributed by atoms with Crippen LogP contribution in [0.2, 0.25) is 0 Å². The van der Waals surface area contributed by atoms with Crippen molar-refractivity contribution in [1.82, 2.24) is 9.97 Å². The molecule has 3 amide bonds. The van der Waals surface area contributed by atoms with Crippen LogP contribution < -0.4 is 10.6 Å². The van der Waals surface area contributed by atoms with E-state index in [0.29, 0.717) is 15.9 Å². The number of primary amides is 1. The first-order valence-electron chi connectivity index (χ1n) is 4.64. The van der Waals surface area contributed by atoms with E-state index in [1.54, 1.807) is 18.2 Å². The van der Waals surface area contributed by atoms with Gasteiger partial charge in [0.15, 0.2) is 5.82 Å². The van der Waals surface area contributed by atoms with Crippen molar-refractivity contribution in [3.8, 4) is 0 Å². The summed E-state index contributed by atoms with van der Waals surface area (Å²) in [6.45, 7) is 0. The predicted octanol–water partition coefficient (Wildman–Crippen LogP) is 1.56. The van der Waals surface area contributed by atoms with Crippen LogP contribution >= 0.6 is 12.6 Å². The van der Waals surface area contributed by atoms with Crippen LogP contribution in [-0.2, 0) is 0 Å². The molecule has 0 atom stereocenters. The topological polar surface area (TPSA) is 89.2 Å². The van der Waals surface area contributed by atoms with E-state index in [2.05, 4.69) is 22.6 Å². The Hall–Kier alpha value is -2.15. The van der Waals surface area contributed by atoms with Crippen LogP contribution in [0, 0.1) is 0 Å². The molecule has 2 rings (SSSR count). The van der Waals surface area contributed by atoms with Crippen LogP contribution in [0.15, 0.2) is 30.5 Å². The average molecular weight is 248 g/mol. The summed E-state index contributed by atoms with van der Waals surface area (Å²) in [5.41, 5.74) is 6.28. The van der Waals surface area contributed by atoms with Crippen molar-refractivity contribution in [3.05, 3.63) is 30.5 Å². The molecular weight excluding hydrogens is 240 g/mol. The molecule has 0 aliphatic rings. The summed E-state index contributed by atoms with van der Waals surface area (Å²) in [6, 6.07) is 6.12. The van der Waals surface area contributed by atoms with Crippen LogP contribution in [0.25, 0.3) is 11.0 Å². The molecule has 6 nitrogen and oxygen atoms in total. The third-order valence-electron chi connectivity index (χ3n) is 2.08. The number of amides is 3. The van der Waals surface area contributed by atoms with Crippen molar-refractivity contribution in [2.75, 3.05) is 4.90 Å². The van der Waals surface area contributed by atoms with Gasteiger partial charge in [-0.05, 0) is 12.1 Å². The SMILES string of the molecule is NC(=O)N(C(=O)S)c1cnc2ccccc2n1. The maximum absolute atomic E-state index is 11.1. The first-order valence-corrected chi connectivity index (χ1v) is 5.08. The highest BCUT2D eigenvalue weighted by molar-refractivity contribution is 7.97. The van der Waals surface area contributed by atoms with E-state index in [4.69, 9.17) is 5.73 Å². The largest absolute Gasteiger partial charge is 0.351 e. The maximum Gasteiger partial charge on any atom is 0.328 e. The molecule has 7 heteroatoms. The molecule has 0 saturated carbocycles. The molecule has 0 aliphatic carbocycles. The third-order valence-corrected chi connectivity index (χ3v) is 2.28. The lowest BCUT2D eigenvalue weighted by atomic mass is 10.3. The fourth-order valence-electron chi connectivity index (χ4n) is 1.36. The number of fused-ring (bicyclic) bond motifs is 1. The minimum absolute atomic E-state index is 0.0520. The number of rotatable bonds is 1. The summed E-state index contributed by atoms with van der Waals surface area (Å²) >= 11 is 3.56. The van der Waals surface area contributed by atoms with Gasteiger partial charge in [0.1, 0.15) is 0 Å². The second-order valence-corrected chi connectivity index (χ2v) is 3.56. The van der Waals surface area contributed by atoms with Gasteiger partial charge in [0.05, 0.1) is 17.2 Å². The van der Waals surface area contributed by atoms with Crippen molar-refractivity contribution in [1.29, 1.82) is 0 Å². The lowest BCUT2D eigenvalue weighted by molar-refractivity contribution is 0.248. The van der Waals surface area contributed by atoms with E-state index >= 15 is 0 Å². The van der Waals surface area contributed by atoms with Gasteiger partial charge in [-0.2, -0.15) is 0 Å². The molecule has 17 heavy (non-hydrogen) atoms. The molecule has 2 N–H and O–H groups in total. The van der Waals surface area contributed by atoms with E-state index in [0.717, 1.165) is 0 Å². The molecule has 2 aromatic rings. The minimum atomic E-state index is -0.949. The molecule has 0 radical (unpaired) electrons. The zero-order valence-electron chi connectivity index (χ0n) is 8.57. The Balaban J connectivity index is 2.55. The molecule has 86 valence electrons. The first kappa shape index (κ1) is 11.3. The van der Waals surface area contributed by atoms with Gasteiger partial charge in [0, 0.05) is 0 Å². The maximum atomic E-state index is 11.1. The van der Waals surface area contributed by atoms with Crippen molar-refractivity contribution in [3.63, 3.8) is 0 Å². The van der Waals surface area contributed by atoms with Gasteiger partial charge in [-0.3, -0.25) is 9.78 Å². The summed E-state index contributed by atoms with van der Waals surface area (Å²) in [4.78, 5) is 31.1. The van der Waals surface area contributed by atoms with Gasteiger partial charge in [-0.1, -0.05) is 24.8 Å². The standard InChI is InChI=1S/C10H8N4O2S/c11-9(15)14(10(16)17)8-5-12-6-3-1-2-4-7(6)13-8/h1-5H,(H2,11,15)(H,16,17). The van der Waals surface area contributed by atoms with Crippen molar-refractivity contribution in [2.45, 2.75) is 0 Å². The summed E-state index contributed by atoms with van der Waals surface area (Å²) in [7, 11) is 0. The van der Waals surface area contributed by atoms with Crippen LogP contribution in [0.3, 0.4) is 0 Å². The molecule has 1 heterocycles. The lowest BCUT2D eigenvalue weighted by Crippen LogP contribution is -2.38. The Morgan fingerprint density at radius 3 is 2.47 bits per heavy atom. The number of anilines is 1. The number of carbonyl (C=O) groups is 2. The molecule has 0 bridgehead atoms. The Bertz CT molecular complexity index is 588. The van der Waals surface area contributed by atoms with Crippen LogP contribution in [0.4, 0.5) is 15.4 Å². The van der Waals surface area contributed by atoms with E-state index in [9.17, 15) is 9.59 Å². The number of benzene rings is 1. The zero-order valence-corrected chi connectivity index (χ0v) is 9.46. The van der Waals surface area contributed by atoms with Gasteiger partial charge in [0.25, 0.3) is 5.24 Å². The van der Waals surface area contributed by atoms with Gasteiger partial charge in [-0.15, -0.1) is 0 Å². The molecule has 1 aromatic heterocycles.